The van der Waals surface area contributed by atoms with E-state index < -0.39 is 0 Å². The maximum absolute atomic E-state index is 11.9. The standard InChI is InChI=1S/C17H23N3O2/c1-4-20-12-15(13(2)19-20)7-10-17(21)18-11-14-5-8-16(22-3)9-6-14/h5-6,8-9,12H,4,7,10-11H2,1-3H3,(H,18,21). The van der Waals surface area contributed by atoms with Crippen LogP contribution >= 0.6 is 0 Å². The Labute approximate surface area is 131 Å². The summed E-state index contributed by atoms with van der Waals surface area (Å²) in [5, 5.41) is 7.33. The van der Waals surface area contributed by atoms with Gasteiger partial charge in [0.15, 0.2) is 0 Å². The number of nitrogens with zero attached hydrogens (tertiary/aromatic N) is 2. The van der Waals surface area contributed by atoms with Crippen LogP contribution in [0.1, 0.15) is 30.2 Å². The molecule has 5 heteroatoms. The van der Waals surface area contributed by atoms with Crippen molar-refractivity contribution in [2.75, 3.05) is 7.11 Å². The number of rotatable bonds is 7. The average molecular weight is 301 g/mol. The van der Waals surface area contributed by atoms with Gasteiger partial charge in [-0.3, -0.25) is 9.48 Å². The van der Waals surface area contributed by atoms with Crippen LogP contribution in [0.25, 0.3) is 0 Å². The number of amides is 1. The molecule has 1 N–H and O–H groups in total. The summed E-state index contributed by atoms with van der Waals surface area (Å²) in [6.07, 6.45) is 3.22. The molecule has 0 saturated heterocycles. The Hall–Kier alpha value is -2.30. The molecule has 0 bridgehead atoms. The van der Waals surface area contributed by atoms with Crippen LogP contribution in [0.5, 0.6) is 5.75 Å². The van der Waals surface area contributed by atoms with Gasteiger partial charge in [0.2, 0.25) is 5.91 Å². The predicted molar refractivity (Wildman–Crippen MR) is 85.8 cm³/mol. The van der Waals surface area contributed by atoms with Crippen LogP contribution in [0.15, 0.2) is 30.5 Å². The van der Waals surface area contributed by atoms with E-state index in [9.17, 15) is 4.79 Å². The lowest BCUT2D eigenvalue weighted by atomic mass is 10.1. The number of aryl methyl sites for hydroxylation is 3. The van der Waals surface area contributed by atoms with Crippen molar-refractivity contribution in [2.45, 2.75) is 39.8 Å². The van der Waals surface area contributed by atoms with Gasteiger partial charge in [-0.25, -0.2) is 0 Å². The molecule has 0 spiro atoms. The lowest BCUT2D eigenvalue weighted by Gasteiger charge is -2.06. The van der Waals surface area contributed by atoms with Crippen molar-refractivity contribution in [3.05, 3.63) is 47.3 Å². The number of carbonyl (C=O) groups is 1. The lowest BCUT2D eigenvalue weighted by molar-refractivity contribution is -0.121. The average Bonchev–Trinajstić information content (AvgIpc) is 2.91. The molecule has 0 aliphatic heterocycles. The molecule has 0 unspecified atom stereocenters. The highest BCUT2D eigenvalue weighted by Gasteiger charge is 2.07. The number of hydrogen-bond donors (Lipinski definition) is 1. The second-order valence-corrected chi connectivity index (χ2v) is 5.22. The number of benzene rings is 1. The number of methoxy groups -OCH3 is 1. The van der Waals surface area contributed by atoms with Crippen LogP contribution in [-0.2, 0) is 24.3 Å². The maximum atomic E-state index is 11.9. The monoisotopic (exact) mass is 301 g/mol. The minimum atomic E-state index is 0.0551. The van der Waals surface area contributed by atoms with Crippen molar-refractivity contribution in [1.29, 1.82) is 0 Å². The van der Waals surface area contributed by atoms with E-state index in [1.807, 2.05) is 42.1 Å². The second kappa shape index (κ2) is 7.64. The van der Waals surface area contributed by atoms with E-state index in [0.29, 0.717) is 13.0 Å². The molecule has 0 aliphatic rings. The largest absolute Gasteiger partial charge is 0.497 e. The van der Waals surface area contributed by atoms with Crippen LogP contribution in [0.3, 0.4) is 0 Å². The summed E-state index contributed by atoms with van der Waals surface area (Å²) in [6, 6.07) is 7.69. The third kappa shape index (κ3) is 4.35. The molecule has 0 aliphatic carbocycles. The highest BCUT2D eigenvalue weighted by atomic mass is 16.5. The molecule has 2 aromatic rings. The topological polar surface area (TPSA) is 56.2 Å². The van der Waals surface area contributed by atoms with Gasteiger partial charge >= 0.3 is 0 Å². The Balaban J connectivity index is 1.78. The first-order valence-electron chi connectivity index (χ1n) is 7.55. The van der Waals surface area contributed by atoms with Crippen molar-refractivity contribution in [2.24, 2.45) is 0 Å². The summed E-state index contributed by atoms with van der Waals surface area (Å²) in [6.45, 7) is 5.43. The number of ether oxygens (including phenoxy) is 1. The lowest BCUT2D eigenvalue weighted by Crippen LogP contribution is -2.23. The summed E-state index contributed by atoms with van der Waals surface area (Å²) in [5.41, 5.74) is 3.20. The van der Waals surface area contributed by atoms with Gasteiger partial charge in [-0.05, 0) is 43.5 Å². The van der Waals surface area contributed by atoms with Crippen LogP contribution in [0.2, 0.25) is 0 Å². The third-order valence-electron chi connectivity index (χ3n) is 3.64. The molecule has 0 fully saturated rings. The first-order valence-corrected chi connectivity index (χ1v) is 7.55. The SMILES string of the molecule is CCn1cc(CCC(=O)NCc2ccc(OC)cc2)c(C)n1. The highest BCUT2D eigenvalue weighted by molar-refractivity contribution is 5.76. The maximum Gasteiger partial charge on any atom is 0.220 e. The van der Waals surface area contributed by atoms with Crippen LogP contribution < -0.4 is 10.1 Å². The summed E-state index contributed by atoms with van der Waals surface area (Å²) < 4.78 is 7.01. The third-order valence-corrected chi connectivity index (χ3v) is 3.64. The number of aromatic nitrogens is 2. The molecule has 1 aromatic carbocycles. The predicted octanol–water partition coefficient (Wildman–Crippen LogP) is 2.47. The summed E-state index contributed by atoms with van der Waals surface area (Å²) >= 11 is 0. The van der Waals surface area contributed by atoms with Gasteiger partial charge in [0, 0.05) is 25.7 Å². The molecule has 0 radical (unpaired) electrons. The Morgan fingerprint density at radius 3 is 2.64 bits per heavy atom. The van der Waals surface area contributed by atoms with E-state index in [1.54, 1.807) is 7.11 Å². The highest BCUT2D eigenvalue weighted by Crippen LogP contribution is 2.11. The first-order chi connectivity index (χ1) is 10.6. The molecule has 22 heavy (non-hydrogen) atoms. The molecule has 0 saturated carbocycles. The Morgan fingerprint density at radius 1 is 1.32 bits per heavy atom. The molecule has 1 heterocycles. The number of hydrogen-bond acceptors (Lipinski definition) is 3. The summed E-state index contributed by atoms with van der Waals surface area (Å²) in [5.74, 6) is 0.873. The fraction of sp³-hybridized carbons (Fsp3) is 0.412. The molecule has 1 amide bonds. The van der Waals surface area contributed by atoms with E-state index in [2.05, 4.69) is 17.3 Å². The summed E-state index contributed by atoms with van der Waals surface area (Å²) in [4.78, 5) is 11.9. The Morgan fingerprint density at radius 2 is 2.05 bits per heavy atom. The van der Waals surface area contributed by atoms with Gasteiger partial charge in [-0.2, -0.15) is 5.10 Å². The van der Waals surface area contributed by atoms with Crippen molar-refractivity contribution < 1.29 is 9.53 Å². The summed E-state index contributed by atoms with van der Waals surface area (Å²) in [7, 11) is 1.64. The Kier molecular flexibility index (Phi) is 5.58. The zero-order valence-corrected chi connectivity index (χ0v) is 13.4. The van der Waals surface area contributed by atoms with Gasteiger partial charge in [0.1, 0.15) is 5.75 Å². The molecule has 2 rings (SSSR count). The first kappa shape index (κ1) is 16.1. The zero-order chi connectivity index (χ0) is 15.9. The molecular formula is C17H23N3O2. The van der Waals surface area contributed by atoms with Crippen molar-refractivity contribution in [3.8, 4) is 5.75 Å². The normalized spacial score (nSPS) is 10.5. The molecule has 5 nitrogen and oxygen atoms in total. The van der Waals surface area contributed by atoms with Gasteiger partial charge in [0.25, 0.3) is 0 Å². The smallest absolute Gasteiger partial charge is 0.220 e. The fourth-order valence-electron chi connectivity index (χ4n) is 2.25. The molecule has 1 aromatic heterocycles. The second-order valence-electron chi connectivity index (χ2n) is 5.22. The number of nitrogens with one attached hydrogen (secondary N) is 1. The molecular weight excluding hydrogens is 278 g/mol. The zero-order valence-electron chi connectivity index (χ0n) is 13.4. The van der Waals surface area contributed by atoms with E-state index in [1.165, 1.54) is 0 Å². The van der Waals surface area contributed by atoms with E-state index >= 15 is 0 Å². The quantitative estimate of drug-likeness (QED) is 0.854. The van der Waals surface area contributed by atoms with Crippen molar-refractivity contribution in [1.82, 2.24) is 15.1 Å². The van der Waals surface area contributed by atoms with Gasteiger partial charge < -0.3 is 10.1 Å². The van der Waals surface area contributed by atoms with E-state index in [4.69, 9.17) is 4.74 Å². The van der Waals surface area contributed by atoms with E-state index in [-0.39, 0.29) is 5.91 Å². The molecule has 0 atom stereocenters. The minimum Gasteiger partial charge on any atom is -0.497 e. The van der Waals surface area contributed by atoms with Gasteiger partial charge in [-0.1, -0.05) is 12.1 Å². The van der Waals surface area contributed by atoms with E-state index in [0.717, 1.165) is 35.5 Å². The van der Waals surface area contributed by atoms with Crippen LogP contribution in [0, 0.1) is 6.92 Å². The van der Waals surface area contributed by atoms with Crippen molar-refractivity contribution >= 4 is 5.91 Å². The van der Waals surface area contributed by atoms with Crippen LogP contribution in [-0.4, -0.2) is 22.8 Å². The minimum absolute atomic E-state index is 0.0551. The fourth-order valence-corrected chi connectivity index (χ4v) is 2.25. The van der Waals surface area contributed by atoms with Crippen LogP contribution in [0.4, 0.5) is 0 Å². The van der Waals surface area contributed by atoms with Gasteiger partial charge in [-0.15, -0.1) is 0 Å². The van der Waals surface area contributed by atoms with Crippen molar-refractivity contribution in [3.63, 3.8) is 0 Å². The molecule has 118 valence electrons. The number of carbonyl (C=O) groups excluding carboxylic acids is 1. The Bertz CT molecular complexity index is 617. The van der Waals surface area contributed by atoms with Gasteiger partial charge in [0.05, 0.1) is 12.8 Å².